The van der Waals surface area contributed by atoms with Crippen LogP contribution < -0.4 is 15.4 Å². The Morgan fingerprint density at radius 1 is 1.24 bits per heavy atom. The Hall–Kier alpha value is -2.99. The molecule has 184 valence electrons. The van der Waals surface area contributed by atoms with Crippen molar-refractivity contribution in [3.8, 4) is 0 Å². The summed E-state index contributed by atoms with van der Waals surface area (Å²) in [5.41, 5.74) is -0.822. The Morgan fingerprint density at radius 2 is 1.97 bits per heavy atom. The molecule has 4 N–H and O–H groups in total. The monoisotopic (exact) mass is 497 g/mol. The van der Waals surface area contributed by atoms with Crippen LogP contribution in [-0.4, -0.2) is 42.8 Å². The molecule has 1 aromatic carbocycles. The normalized spacial score (nSPS) is 25.7. The summed E-state index contributed by atoms with van der Waals surface area (Å²) >= 11 is 0. The zero-order valence-electron chi connectivity index (χ0n) is 18.8. The van der Waals surface area contributed by atoms with Crippen molar-refractivity contribution in [3.05, 3.63) is 59.2 Å². The number of thiol groups is 1. The molecule has 8 nitrogen and oxygen atoms in total. The molecule has 0 spiro atoms. The summed E-state index contributed by atoms with van der Waals surface area (Å²) < 4.78 is 58.4. The first kappa shape index (κ1) is 24.1. The number of carboxylic acid groups (broad SMARTS) is 1. The highest BCUT2D eigenvalue weighted by Gasteiger charge is 2.59. The van der Waals surface area contributed by atoms with Gasteiger partial charge in [-0.2, -0.15) is 0 Å². The number of nitrogens with one attached hydrogen (secondary N) is 3. The number of hydrogen-bond acceptors (Lipinski definition) is 5. The quantitative estimate of drug-likeness (QED) is 0.417. The van der Waals surface area contributed by atoms with Gasteiger partial charge in [0.25, 0.3) is 0 Å². The Bertz CT molecular complexity index is 1240. The molecule has 2 aliphatic rings. The minimum Gasteiger partial charge on any atom is -0.465 e. The number of fused-ring (bicyclic) bond motifs is 1. The maximum atomic E-state index is 15.2. The van der Waals surface area contributed by atoms with Crippen LogP contribution in [0, 0.1) is 17.5 Å². The maximum Gasteiger partial charge on any atom is 0.410 e. The van der Waals surface area contributed by atoms with Crippen molar-refractivity contribution in [2.75, 3.05) is 11.9 Å². The predicted molar refractivity (Wildman–Crippen MR) is 124 cm³/mol. The van der Waals surface area contributed by atoms with E-state index in [2.05, 4.69) is 25.3 Å². The van der Waals surface area contributed by atoms with E-state index in [9.17, 15) is 22.9 Å². The van der Waals surface area contributed by atoms with Crippen LogP contribution in [0.5, 0.6) is 0 Å². The van der Waals surface area contributed by atoms with E-state index < -0.39 is 49.2 Å². The number of amides is 1. The number of halogens is 3. The molecule has 0 unspecified atom stereocenters. The summed E-state index contributed by atoms with van der Waals surface area (Å²) in [7, 11) is -3.27. The van der Waals surface area contributed by atoms with Gasteiger partial charge in [-0.05, 0) is 55.5 Å². The number of carbonyl (C=O) groups is 1. The van der Waals surface area contributed by atoms with Crippen LogP contribution in [0.3, 0.4) is 0 Å². The molecule has 0 aliphatic carbocycles. The van der Waals surface area contributed by atoms with Crippen LogP contribution in [0.1, 0.15) is 38.4 Å². The van der Waals surface area contributed by atoms with Gasteiger partial charge in [0, 0.05) is 23.9 Å². The lowest BCUT2D eigenvalue weighted by Crippen LogP contribution is -2.65. The van der Waals surface area contributed by atoms with Crippen LogP contribution in [-0.2, 0) is 22.2 Å². The molecule has 1 aromatic heterocycles. The van der Waals surface area contributed by atoms with E-state index in [1.54, 1.807) is 20.8 Å². The van der Waals surface area contributed by atoms with Crippen molar-refractivity contribution in [1.29, 1.82) is 0 Å². The van der Waals surface area contributed by atoms with Crippen LogP contribution in [0.25, 0.3) is 0 Å². The summed E-state index contributed by atoms with van der Waals surface area (Å²) in [4.78, 5) is 19.8. The van der Waals surface area contributed by atoms with E-state index >= 15 is 4.39 Å². The van der Waals surface area contributed by atoms with Gasteiger partial charge in [-0.1, -0.05) is 0 Å². The highest BCUT2D eigenvalue weighted by Crippen LogP contribution is 2.49. The molecule has 2 aromatic rings. The number of pyridine rings is 1. The van der Waals surface area contributed by atoms with Gasteiger partial charge in [0.2, 0.25) is 0 Å². The van der Waals surface area contributed by atoms with Crippen LogP contribution in [0.4, 0.5) is 23.7 Å². The Kier molecular flexibility index (Phi) is 5.93. The fourth-order valence-electron chi connectivity index (χ4n) is 4.79. The largest absolute Gasteiger partial charge is 0.465 e. The van der Waals surface area contributed by atoms with Crippen molar-refractivity contribution in [1.82, 2.24) is 15.0 Å². The zero-order valence-corrected chi connectivity index (χ0v) is 19.7. The predicted octanol–water partition coefficient (Wildman–Crippen LogP) is 3.08. The fourth-order valence-corrected chi connectivity index (χ4v) is 8.46. The minimum atomic E-state index is -3.27. The molecular weight excluding hydrogens is 471 g/mol. The second kappa shape index (κ2) is 8.35. The number of aliphatic imine (C=N–C) groups is 1. The molecule has 4 rings (SSSR count). The Labute approximate surface area is 195 Å². The molecule has 1 fully saturated rings. The summed E-state index contributed by atoms with van der Waals surface area (Å²) in [5, 5.41) is 14.0. The van der Waals surface area contributed by atoms with E-state index in [4.69, 9.17) is 0 Å². The lowest BCUT2D eigenvalue weighted by atomic mass is 9.85. The third-order valence-corrected chi connectivity index (χ3v) is 10.9. The van der Waals surface area contributed by atoms with Gasteiger partial charge in [-0.25, -0.2) is 18.0 Å². The number of hydrogen-bond donors (Lipinski definition) is 5. The molecule has 0 bridgehead atoms. The average molecular weight is 498 g/mol. The van der Waals surface area contributed by atoms with E-state index in [0.29, 0.717) is 18.7 Å². The molecule has 2 atom stereocenters. The summed E-state index contributed by atoms with van der Waals surface area (Å²) in [6.45, 7) is 5.29. The van der Waals surface area contributed by atoms with E-state index in [1.165, 1.54) is 18.2 Å². The standard InChI is InChI=1S/C22H26F3N5O3S/c1-21(2)19(29-20(31)32)30-22(3,18-6-7-28-34(18,21)33)14-9-13(4-5-15(14)24)26-11-17-16(25)8-12(23)10-27-17/h4-5,8-10,18,26,34H,6-7,11H2,1-3H3,(H,28,33)(H,29,30)(H,31,32)/t18-,22+/m0/s1. The molecule has 34 heavy (non-hydrogen) atoms. The fraction of sp³-hybridized carbons (Fsp3) is 0.409. The number of benzene rings is 1. The molecule has 3 heterocycles. The SMILES string of the molecule is CC1(C)C(NC(=O)O)=N[C@](C)(c2cc(NCc3ncc(F)cc3F)ccc2F)[C@@H]2CCN[SH]21=O. The average Bonchev–Trinajstić information content (AvgIpc) is 3.17. The molecule has 1 saturated heterocycles. The smallest absolute Gasteiger partial charge is 0.410 e. The van der Waals surface area contributed by atoms with Crippen molar-refractivity contribution in [2.24, 2.45) is 4.99 Å². The molecule has 0 radical (unpaired) electrons. The van der Waals surface area contributed by atoms with Gasteiger partial charge in [0.15, 0.2) is 0 Å². The van der Waals surface area contributed by atoms with Crippen LogP contribution in [0.2, 0.25) is 0 Å². The van der Waals surface area contributed by atoms with Crippen LogP contribution >= 0.6 is 0 Å². The second-order valence-corrected chi connectivity index (χ2v) is 12.5. The number of anilines is 1. The summed E-state index contributed by atoms with van der Waals surface area (Å²) in [6.07, 6.45) is 0.00309. The third-order valence-electron chi connectivity index (χ3n) is 6.69. The lowest BCUT2D eigenvalue weighted by Gasteiger charge is -2.51. The van der Waals surface area contributed by atoms with Crippen molar-refractivity contribution >= 4 is 27.7 Å². The van der Waals surface area contributed by atoms with Gasteiger partial charge in [-0.15, -0.1) is 0 Å². The zero-order chi connectivity index (χ0) is 24.9. The Morgan fingerprint density at radius 3 is 2.65 bits per heavy atom. The molecule has 2 aliphatic heterocycles. The molecular formula is C22H26F3N5O3S. The first-order valence-electron chi connectivity index (χ1n) is 10.7. The number of amidine groups is 1. The first-order chi connectivity index (χ1) is 15.9. The third kappa shape index (κ3) is 3.84. The molecule has 1 amide bonds. The molecule has 12 heteroatoms. The van der Waals surface area contributed by atoms with Crippen molar-refractivity contribution in [3.63, 3.8) is 0 Å². The lowest BCUT2D eigenvalue weighted by molar-refractivity contribution is 0.199. The van der Waals surface area contributed by atoms with E-state index in [0.717, 1.165) is 12.3 Å². The van der Waals surface area contributed by atoms with Gasteiger partial charge < -0.3 is 10.4 Å². The first-order valence-corrected chi connectivity index (χ1v) is 12.4. The number of nitrogens with zero attached hydrogens (tertiary/aromatic N) is 2. The van der Waals surface area contributed by atoms with E-state index in [-0.39, 0.29) is 23.6 Å². The number of aromatic nitrogens is 1. The maximum absolute atomic E-state index is 15.2. The highest BCUT2D eigenvalue weighted by atomic mass is 32.3. The topological polar surface area (TPSA) is 116 Å². The Balaban J connectivity index is 1.76. The highest BCUT2D eigenvalue weighted by molar-refractivity contribution is 8.04. The van der Waals surface area contributed by atoms with Gasteiger partial charge >= 0.3 is 6.09 Å². The van der Waals surface area contributed by atoms with Gasteiger partial charge in [0.05, 0.1) is 28.4 Å². The second-order valence-electron chi connectivity index (χ2n) is 9.10. The minimum absolute atomic E-state index is 0.00757. The van der Waals surface area contributed by atoms with Crippen molar-refractivity contribution in [2.45, 2.75) is 49.3 Å². The van der Waals surface area contributed by atoms with E-state index in [1.807, 2.05) is 0 Å². The van der Waals surface area contributed by atoms with Gasteiger partial charge in [0.1, 0.15) is 28.8 Å². The summed E-state index contributed by atoms with van der Waals surface area (Å²) in [6, 6.07) is 4.87. The van der Waals surface area contributed by atoms with Crippen LogP contribution in [0.15, 0.2) is 35.5 Å². The number of rotatable bonds is 4. The molecule has 0 saturated carbocycles. The summed E-state index contributed by atoms with van der Waals surface area (Å²) in [5.74, 6) is -2.22. The van der Waals surface area contributed by atoms with Gasteiger partial charge in [-0.3, -0.25) is 24.2 Å². The van der Waals surface area contributed by atoms with Crippen molar-refractivity contribution < 1.29 is 27.3 Å².